The second kappa shape index (κ2) is 6.49. The van der Waals surface area contributed by atoms with Gasteiger partial charge in [-0.05, 0) is 23.3 Å². The van der Waals surface area contributed by atoms with Gasteiger partial charge >= 0.3 is 0 Å². The minimum Gasteiger partial charge on any atom is -0.390 e. The molecular weight excluding hydrogens is 312 g/mol. The summed E-state index contributed by atoms with van der Waals surface area (Å²) in [5.74, 6) is -0.228. The van der Waals surface area contributed by atoms with E-state index in [2.05, 4.69) is 10.3 Å². The number of aliphatic hydroxyl groups excluding tert-OH is 1. The topological polar surface area (TPSA) is 62.2 Å². The van der Waals surface area contributed by atoms with Gasteiger partial charge in [-0.1, -0.05) is 48.5 Å². The minimum absolute atomic E-state index is 0.228. The SMILES string of the molecule is O=C(/C=C/c1cccc2cccnc12)N[C@H]1c2ccccc2C[C@H]1O. The maximum absolute atomic E-state index is 12.3. The molecule has 0 aliphatic heterocycles. The van der Waals surface area contributed by atoms with E-state index in [1.54, 1.807) is 12.3 Å². The summed E-state index contributed by atoms with van der Waals surface area (Å²) in [6.45, 7) is 0. The zero-order valence-electron chi connectivity index (χ0n) is 13.6. The van der Waals surface area contributed by atoms with Gasteiger partial charge in [0.05, 0.1) is 17.7 Å². The van der Waals surface area contributed by atoms with E-state index < -0.39 is 6.10 Å². The fraction of sp³-hybridized carbons (Fsp3) is 0.143. The molecule has 0 fully saturated rings. The Bertz CT molecular complexity index is 960. The number of nitrogens with one attached hydrogen (secondary N) is 1. The predicted molar refractivity (Wildman–Crippen MR) is 97.8 cm³/mol. The normalized spacial score (nSPS) is 19.2. The predicted octanol–water partition coefficient (Wildman–Crippen LogP) is 3.02. The molecule has 3 aromatic rings. The van der Waals surface area contributed by atoms with E-state index in [1.165, 1.54) is 6.08 Å². The number of carbonyl (C=O) groups is 1. The molecule has 25 heavy (non-hydrogen) atoms. The fourth-order valence-corrected chi connectivity index (χ4v) is 3.38. The van der Waals surface area contributed by atoms with Crippen LogP contribution in [0.4, 0.5) is 0 Å². The van der Waals surface area contributed by atoms with Gasteiger partial charge in [0.2, 0.25) is 5.91 Å². The van der Waals surface area contributed by atoms with Crippen LogP contribution in [0.1, 0.15) is 22.7 Å². The lowest BCUT2D eigenvalue weighted by molar-refractivity contribution is -0.117. The van der Waals surface area contributed by atoms with Crippen LogP contribution in [0.15, 0.2) is 66.9 Å². The maximum atomic E-state index is 12.3. The van der Waals surface area contributed by atoms with Crippen molar-refractivity contribution < 1.29 is 9.90 Å². The molecule has 0 saturated carbocycles. The van der Waals surface area contributed by atoms with Gasteiger partial charge in [0, 0.05) is 29.6 Å². The number of hydrogen-bond donors (Lipinski definition) is 2. The molecule has 2 N–H and O–H groups in total. The number of rotatable bonds is 3. The van der Waals surface area contributed by atoms with Gasteiger partial charge in [0.25, 0.3) is 0 Å². The van der Waals surface area contributed by atoms with Crippen molar-refractivity contribution >= 4 is 22.9 Å². The van der Waals surface area contributed by atoms with Crippen LogP contribution in [0.2, 0.25) is 0 Å². The van der Waals surface area contributed by atoms with E-state index in [0.29, 0.717) is 6.42 Å². The Morgan fingerprint density at radius 1 is 1.12 bits per heavy atom. The lowest BCUT2D eigenvalue weighted by Crippen LogP contribution is -2.32. The van der Waals surface area contributed by atoms with E-state index in [0.717, 1.165) is 27.6 Å². The number of aliphatic hydroxyl groups is 1. The van der Waals surface area contributed by atoms with Gasteiger partial charge in [0.15, 0.2) is 0 Å². The molecule has 1 amide bonds. The lowest BCUT2D eigenvalue weighted by atomic mass is 10.1. The summed E-state index contributed by atoms with van der Waals surface area (Å²) >= 11 is 0. The summed E-state index contributed by atoms with van der Waals surface area (Å²) in [7, 11) is 0. The zero-order valence-corrected chi connectivity index (χ0v) is 13.6. The smallest absolute Gasteiger partial charge is 0.244 e. The van der Waals surface area contributed by atoms with Crippen LogP contribution >= 0.6 is 0 Å². The molecular formula is C21H18N2O2. The molecule has 0 bridgehead atoms. The average Bonchev–Trinajstić information content (AvgIpc) is 2.95. The van der Waals surface area contributed by atoms with Gasteiger partial charge in [-0.25, -0.2) is 0 Å². The van der Waals surface area contributed by atoms with Crippen LogP contribution in [0.3, 0.4) is 0 Å². The summed E-state index contributed by atoms with van der Waals surface area (Å²) in [6, 6.07) is 17.2. The second-order valence-electron chi connectivity index (χ2n) is 6.21. The molecule has 4 heteroatoms. The van der Waals surface area contributed by atoms with Crippen LogP contribution in [-0.4, -0.2) is 22.1 Å². The largest absolute Gasteiger partial charge is 0.390 e. The molecule has 2 aromatic carbocycles. The summed E-state index contributed by atoms with van der Waals surface area (Å²) in [5.41, 5.74) is 3.83. The van der Waals surface area contributed by atoms with Gasteiger partial charge in [0.1, 0.15) is 0 Å². The summed E-state index contributed by atoms with van der Waals surface area (Å²) in [6.07, 6.45) is 4.98. The Morgan fingerprint density at radius 3 is 2.88 bits per heavy atom. The quantitative estimate of drug-likeness (QED) is 0.726. The maximum Gasteiger partial charge on any atom is 0.244 e. The lowest BCUT2D eigenvalue weighted by Gasteiger charge is -2.16. The highest BCUT2D eigenvalue weighted by Gasteiger charge is 2.31. The summed E-state index contributed by atoms with van der Waals surface area (Å²) in [4.78, 5) is 16.7. The van der Waals surface area contributed by atoms with E-state index in [1.807, 2.05) is 54.6 Å². The molecule has 1 heterocycles. The molecule has 0 saturated heterocycles. The van der Waals surface area contributed by atoms with E-state index in [9.17, 15) is 9.90 Å². The average molecular weight is 330 g/mol. The van der Waals surface area contributed by atoms with Crippen LogP contribution in [0.5, 0.6) is 0 Å². The minimum atomic E-state index is -0.589. The number of benzene rings is 2. The number of amides is 1. The Kier molecular flexibility index (Phi) is 4.04. The van der Waals surface area contributed by atoms with Gasteiger partial charge in [-0.15, -0.1) is 0 Å². The zero-order chi connectivity index (χ0) is 17.2. The van der Waals surface area contributed by atoms with Gasteiger partial charge in [-0.2, -0.15) is 0 Å². The summed E-state index contributed by atoms with van der Waals surface area (Å²) < 4.78 is 0. The van der Waals surface area contributed by atoms with Crippen molar-refractivity contribution in [1.82, 2.24) is 10.3 Å². The van der Waals surface area contributed by atoms with E-state index >= 15 is 0 Å². The third-order valence-corrected chi connectivity index (χ3v) is 4.58. The number of aromatic nitrogens is 1. The summed E-state index contributed by atoms with van der Waals surface area (Å²) in [5, 5.41) is 14.2. The first kappa shape index (κ1) is 15.5. The Hall–Kier alpha value is -2.98. The van der Waals surface area contributed by atoms with Crippen molar-refractivity contribution in [3.05, 3.63) is 83.6 Å². The number of hydrogen-bond acceptors (Lipinski definition) is 3. The number of pyridine rings is 1. The van der Waals surface area contributed by atoms with Crippen LogP contribution in [0, 0.1) is 0 Å². The molecule has 0 radical (unpaired) electrons. The van der Waals surface area contributed by atoms with E-state index in [4.69, 9.17) is 0 Å². The number of carbonyl (C=O) groups excluding carboxylic acids is 1. The Balaban J connectivity index is 1.53. The molecule has 1 aliphatic carbocycles. The van der Waals surface area contributed by atoms with Gasteiger partial charge < -0.3 is 10.4 Å². The molecule has 4 nitrogen and oxygen atoms in total. The molecule has 124 valence electrons. The molecule has 1 aromatic heterocycles. The third kappa shape index (κ3) is 3.04. The fourth-order valence-electron chi connectivity index (χ4n) is 3.38. The number of fused-ring (bicyclic) bond motifs is 2. The molecule has 1 aliphatic rings. The first-order chi connectivity index (χ1) is 12.2. The van der Waals surface area contributed by atoms with Crippen molar-refractivity contribution in [3.63, 3.8) is 0 Å². The second-order valence-corrected chi connectivity index (χ2v) is 6.21. The number of para-hydroxylation sites is 1. The van der Waals surface area contributed by atoms with E-state index in [-0.39, 0.29) is 11.9 Å². The monoisotopic (exact) mass is 330 g/mol. The van der Waals surface area contributed by atoms with Crippen LogP contribution < -0.4 is 5.32 Å². The third-order valence-electron chi connectivity index (χ3n) is 4.58. The molecule has 2 atom stereocenters. The van der Waals surface area contributed by atoms with Crippen molar-refractivity contribution in [2.45, 2.75) is 18.6 Å². The molecule has 0 unspecified atom stereocenters. The highest BCUT2D eigenvalue weighted by atomic mass is 16.3. The standard InChI is InChI=1S/C21H18N2O2/c24-18-13-16-5-1-2-9-17(16)21(18)23-19(25)11-10-15-7-3-6-14-8-4-12-22-20(14)15/h1-12,18,21,24H,13H2,(H,23,25)/b11-10+/t18-,21+/m1/s1. The van der Waals surface area contributed by atoms with Gasteiger partial charge in [-0.3, -0.25) is 9.78 Å². The Morgan fingerprint density at radius 2 is 1.96 bits per heavy atom. The highest BCUT2D eigenvalue weighted by molar-refractivity contribution is 5.95. The first-order valence-corrected chi connectivity index (χ1v) is 8.30. The van der Waals surface area contributed by atoms with Crippen molar-refractivity contribution in [2.24, 2.45) is 0 Å². The number of nitrogens with zero attached hydrogens (tertiary/aromatic N) is 1. The van der Waals surface area contributed by atoms with Crippen molar-refractivity contribution in [2.75, 3.05) is 0 Å². The van der Waals surface area contributed by atoms with Crippen molar-refractivity contribution in [3.8, 4) is 0 Å². The Labute approximate surface area is 145 Å². The highest BCUT2D eigenvalue weighted by Crippen LogP contribution is 2.31. The van der Waals surface area contributed by atoms with Crippen molar-refractivity contribution in [1.29, 1.82) is 0 Å². The van der Waals surface area contributed by atoms with Crippen LogP contribution in [0.25, 0.3) is 17.0 Å². The first-order valence-electron chi connectivity index (χ1n) is 8.30. The molecule has 4 rings (SSSR count). The van der Waals surface area contributed by atoms with Crippen LogP contribution in [-0.2, 0) is 11.2 Å². The molecule has 0 spiro atoms.